The van der Waals surface area contributed by atoms with E-state index in [1.165, 1.54) is 22.1 Å². The van der Waals surface area contributed by atoms with Crippen molar-refractivity contribution in [3.8, 4) is 0 Å². The number of nitrogens with zero attached hydrogens (tertiary/aromatic N) is 5. The Bertz CT molecular complexity index is 1820. The van der Waals surface area contributed by atoms with Gasteiger partial charge in [0.1, 0.15) is 11.4 Å². The number of hydrogen-bond acceptors (Lipinski definition) is 7. The summed E-state index contributed by atoms with van der Waals surface area (Å²) in [7, 11) is 1.60. The fourth-order valence-corrected chi connectivity index (χ4v) is 6.71. The van der Waals surface area contributed by atoms with Crippen molar-refractivity contribution < 1.29 is 38.5 Å². The number of fused-ring (bicyclic) bond motifs is 2. The molecule has 14 heteroatoms. The lowest BCUT2D eigenvalue weighted by Crippen LogP contribution is -2.41. The van der Waals surface area contributed by atoms with Crippen molar-refractivity contribution in [3.63, 3.8) is 0 Å². The van der Waals surface area contributed by atoms with Crippen LogP contribution in [0.4, 0.5) is 36.0 Å². The highest BCUT2D eigenvalue weighted by molar-refractivity contribution is 6.02. The number of hydrogen-bond donors (Lipinski definition) is 3. The van der Waals surface area contributed by atoms with Crippen molar-refractivity contribution in [2.24, 2.45) is 0 Å². The highest BCUT2D eigenvalue weighted by Crippen LogP contribution is 2.40. The van der Waals surface area contributed by atoms with Crippen LogP contribution in [0.25, 0.3) is 10.8 Å². The zero-order chi connectivity index (χ0) is 35.3. The van der Waals surface area contributed by atoms with Crippen LogP contribution >= 0.6 is 0 Å². The van der Waals surface area contributed by atoms with Gasteiger partial charge < -0.3 is 19.8 Å². The third-order valence-corrected chi connectivity index (χ3v) is 8.83. The summed E-state index contributed by atoms with van der Waals surface area (Å²) in [6, 6.07) is 2.42. The zero-order valence-corrected chi connectivity index (χ0v) is 28.2. The van der Waals surface area contributed by atoms with Crippen molar-refractivity contribution in [1.29, 1.82) is 0 Å². The Morgan fingerprint density at radius 1 is 1.12 bits per heavy atom. The maximum Gasteiger partial charge on any atom is 0.413 e. The standard InChI is InChI=1S/C34H41FN6O7/c1-18-23(16-36-24-9-8-10-40(29(18)24)31(44)45)34(5,6)14-20-11-19-12-25(41(32(46)47)21-13-26(42)39(7)17-21)37-15-22(19)28(27(20)35)38-30(43)48-33(2,3)4/h11-12,15-16,21H,8-10,13-14,17H2,1-7H3,(H,38,43)(H,44,45)(H,46,47). The van der Waals surface area contributed by atoms with E-state index in [4.69, 9.17) is 4.74 Å². The van der Waals surface area contributed by atoms with Crippen molar-refractivity contribution in [2.75, 3.05) is 35.3 Å². The van der Waals surface area contributed by atoms with Gasteiger partial charge in [0.2, 0.25) is 5.91 Å². The molecule has 0 radical (unpaired) electrons. The summed E-state index contributed by atoms with van der Waals surface area (Å²) in [6.07, 6.45) is 1.17. The smallest absolute Gasteiger partial charge is 0.413 e. The first kappa shape index (κ1) is 34.3. The number of rotatable bonds is 6. The second kappa shape index (κ2) is 12.5. The molecule has 256 valence electrons. The first-order valence-corrected chi connectivity index (χ1v) is 15.7. The van der Waals surface area contributed by atoms with Crippen molar-refractivity contribution >= 4 is 52.2 Å². The predicted molar refractivity (Wildman–Crippen MR) is 177 cm³/mol. The average Bonchev–Trinajstić information content (AvgIpc) is 3.30. The van der Waals surface area contributed by atoms with Crippen LogP contribution in [0, 0.1) is 12.7 Å². The van der Waals surface area contributed by atoms with Crippen LogP contribution in [0.1, 0.15) is 69.8 Å². The molecule has 5 rings (SSSR count). The quantitative estimate of drug-likeness (QED) is 0.283. The van der Waals surface area contributed by atoms with Crippen LogP contribution in [0.2, 0.25) is 0 Å². The number of halogens is 1. The monoisotopic (exact) mass is 664 g/mol. The fraction of sp³-hybridized carbons (Fsp3) is 0.471. The molecule has 2 aliphatic heterocycles. The third kappa shape index (κ3) is 6.69. The lowest BCUT2D eigenvalue weighted by molar-refractivity contribution is -0.126. The lowest BCUT2D eigenvalue weighted by Gasteiger charge is -2.33. The van der Waals surface area contributed by atoms with Gasteiger partial charge in [-0.3, -0.25) is 24.9 Å². The number of benzene rings is 1. The van der Waals surface area contributed by atoms with Gasteiger partial charge in [0.15, 0.2) is 5.82 Å². The molecule has 1 atom stereocenters. The van der Waals surface area contributed by atoms with Gasteiger partial charge in [-0.05, 0) is 86.6 Å². The number of carbonyl (C=O) groups excluding carboxylic acids is 2. The number of anilines is 3. The molecule has 1 fully saturated rings. The number of nitrogens with one attached hydrogen (secondary N) is 1. The zero-order valence-electron chi connectivity index (χ0n) is 28.2. The first-order valence-electron chi connectivity index (χ1n) is 15.7. The number of carbonyl (C=O) groups is 4. The van der Waals surface area contributed by atoms with Crippen LogP contribution in [-0.4, -0.2) is 81.0 Å². The van der Waals surface area contributed by atoms with E-state index in [9.17, 15) is 29.4 Å². The number of likely N-dealkylation sites (tertiary alicyclic amines) is 1. The van der Waals surface area contributed by atoms with E-state index in [-0.39, 0.29) is 47.7 Å². The molecular weight excluding hydrogens is 623 g/mol. The highest BCUT2D eigenvalue weighted by Gasteiger charge is 2.37. The SMILES string of the molecule is Cc1c(C(C)(C)Cc2cc3cc(N(C(=O)O)C4CC(=O)N(C)C4)ncc3c(NC(=O)OC(C)(C)C)c2F)cnc2c1N(C(=O)O)CCC2. The topological polar surface area (TPSA) is 166 Å². The number of carboxylic acid groups (broad SMARTS) is 2. The van der Waals surface area contributed by atoms with E-state index < -0.39 is 41.2 Å². The molecule has 1 saturated heterocycles. The van der Waals surface area contributed by atoms with E-state index in [0.717, 1.165) is 16.0 Å². The van der Waals surface area contributed by atoms with Crippen LogP contribution in [0.3, 0.4) is 0 Å². The minimum absolute atomic E-state index is 0.00963. The largest absolute Gasteiger partial charge is 0.465 e. The Morgan fingerprint density at radius 3 is 2.44 bits per heavy atom. The fourth-order valence-electron chi connectivity index (χ4n) is 6.71. The number of amides is 4. The number of aryl methyl sites for hydroxylation is 1. The van der Waals surface area contributed by atoms with E-state index in [1.54, 1.807) is 40.1 Å². The predicted octanol–water partition coefficient (Wildman–Crippen LogP) is 6.09. The Morgan fingerprint density at radius 2 is 1.83 bits per heavy atom. The second-order valence-electron chi connectivity index (χ2n) is 14.1. The van der Waals surface area contributed by atoms with Crippen molar-refractivity contribution in [2.45, 2.75) is 84.3 Å². The summed E-state index contributed by atoms with van der Waals surface area (Å²) < 4.78 is 22.0. The molecule has 0 spiro atoms. The van der Waals surface area contributed by atoms with E-state index in [0.29, 0.717) is 36.2 Å². The lowest BCUT2D eigenvalue weighted by atomic mass is 9.76. The number of pyridine rings is 2. The molecule has 4 amide bonds. The summed E-state index contributed by atoms with van der Waals surface area (Å²) >= 11 is 0. The number of ether oxygens (including phenoxy) is 1. The van der Waals surface area contributed by atoms with Crippen LogP contribution in [0.15, 0.2) is 24.5 Å². The van der Waals surface area contributed by atoms with Crippen LogP contribution in [0.5, 0.6) is 0 Å². The molecule has 3 aromatic rings. The van der Waals surface area contributed by atoms with E-state index in [1.807, 2.05) is 20.8 Å². The van der Waals surface area contributed by atoms with Crippen molar-refractivity contribution in [3.05, 3.63) is 52.7 Å². The summed E-state index contributed by atoms with van der Waals surface area (Å²) in [4.78, 5) is 62.4. The number of aromatic nitrogens is 2. The minimum atomic E-state index is -1.30. The molecule has 1 unspecified atom stereocenters. The van der Waals surface area contributed by atoms with Crippen molar-refractivity contribution in [1.82, 2.24) is 14.9 Å². The summed E-state index contributed by atoms with van der Waals surface area (Å²) in [5.41, 5.74) is 1.10. The van der Waals surface area contributed by atoms with E-state index in [2.05, 4.69) is 15.3 Å². The van der Waals surface area contributed by atoms with E-state index >= 15 is 4.39 Å². The van der Waals surface area contributed by atoms with Gasteiger partial charge in [-0.25, -0.2) is 23.8 Å². The molecule has 0 aliphatic carbocycles. The first-order chi connectivity index (χ1) is 22.4. The van der Waals surface area contributed by atoms with Gasteiger partial charge in [-0.15, -0.1) is 0 Å². The van der Waals surface area contributed by atoms with Gasteiger partial charge in [0.25, 0.3) is 0 Å². The average molecular weight is 665 g/mol. The summed E-state index contributed by atoms with van der Waals surface area (Å²) in [6.45, 7) is 11.2. The maximum absolute atomic E-state index is 16.6. The molecule has 48 heavy (non-hydrogen) atoms. The molecule has 0 bridgehead atoms. The van der Waals surface area contributed by atoms with Gasteiger partial charge in [-0.1, -0.05) is 13.8 Å². The second-order valence-corrected chi connectivity index (χ2v) is 14.1. The van der Waals surface area contributed by atoms with Gasteiger partial charge in [-0.2, -0.15) is 0 Å². The van der Waals surface area contributed by atoms with Gasteiger partial charge in [0, 0.05) is 44.3 Å². The normalized spacial score (nSPS) is 16.6. The van der Waals surface area contributed by atoms with Gasteiger partial charge >= 0.3 is 18.3 Å². The molecule has 0 saturated carbocycles. The molecule has 2 aliphatic rings. The molecule has 2 aromatic heterocycles. The Balaban J connectivity index is 1.62. The Kier molecular flexibility index (Phi) is 8.97. The highest BCUT2D eigenvalue weighted by atomic mass is 19.1. The molecule has 3 N–H and O–H groups in total. The minimum Gasteiger partial charge on any atom is -0.465 e. The van der Waals surface area contributed by atoms with Crippen LogP contribution < -0.4 is 15.1 Å². The number of likely N-dealkylation sites (N-methyl/N-ethyl adjacent to an activating group) is 1. The third-order valence-electron chi connectivity index (χ3n) is 8.83. The summed E-state index contributed by atoms with van der Waals surface area (Å²) in [5, 5.41) is 23.2. The molecular formula is C34H41FN6O7. The molecule has 1 aromatic carbocycles. The summed E-state index contributed by atoms with van der Waals surface area (Å²) in [5.74, 6) is -0.864. The molecule has 13 nitrogen and oxygen atoms in total. The maximum atomic E-state index is 16.6. The molecule has 4 heterocycles. The van der Waals surface area contributed by atoms with Crippen LogP contribution in [-0.2, 0) is 27.8 Å². The van der Waals surface area contributed by atoms with Gasteiger partial charge in [0.05, 0.1) is 23.1 Å². The Labute approximate surface area is 277 Å². The Hall–Kier alpha value is -5.01.